The zero-order chi connectivity index (χ0) is 38.8. The average molecular weight is 758 g/mol. The number of phenols is 1. The van der Waals surface area contributed by atoms with E-state index < -0.39 is 0 Å². The number of fused-ring (bicyclic) bond motifs is 3. The van der Waals surface area contributed by atoms with Crippen LogP contribution in [0.5, 0.6) is 5.75 Å². The molecule has 3 N–H and O–H groups in total. The van der Waals surface area contributed by atoms with Gasteiger partial charge in [0.2, 0.25) is 5.91 Å². The van der Waals surface area contributed by atoms with Crippen molar-refractivity contribution in [1.29, 1.82) is 0 Å². The molecule has 5 aromatic rings. The number of rotatable bonds is 8. The fourth-order valence-electron chi connectivity index (χ4n) is 11.2. The lowest BCUT2D eigenvalue weighted by atomic mass is 9.69. The molecule has 57 heavy (non-hydrogen) atoms. The van der Waals surface area contributed by atoms with Crippen molar-refractivity contribution in [2.75, 3.05) is 25.0 Å². The van der Waals surface area contributed by atoms with E-state index in [0.29, 0.717) is 23.8 Å². The SMILES string of the molecule is C=C1CCC(n2c(=C)c3cc4c(cc3c2=C)CN(CC2CCC(N3CC(Nc5ccc([C@@H]6c7ccc(O)cc7CC[C@@H]6c6ccccc6)cc5)C3)CC2)C4)C(=O)N1. The number of aryl methyl sites for hydroxylation is 1. The van der Waals surface area contributed by atoms with Crippen molar-refractivity contribution in [1.82, 2.24) is 19.7 Å². The maximum Gasteiger partial charge on any atom is 0.247 e. The second-order valence-electron chi connectivity index (χ2n) is 17.8. The van der Waals surface area contributed by atoms with Crippen LogP contribution in [0.1, 0.15) is 96.2 Å². The summed E-state index contributed by atoms with van der Waals surface area (Å²) in [5, 5.41) is 21.0. The van der Waals surface area contributed by atoms with Crippen LogP contribution in [0.4, 0.5) is 5.69 Å². The summed E-state index contributed by atoms with van der Waals surface area (Å²) in [4.78, 5) is 18.2. The molecule has 0 spiro atoms. The Morgan fingerprint density at radius 1 is 0.737 bits per heavy atom. The quantitative estimate of drug-likeness (QED) is 0.152. The number of phenolic OH excluding ortho intramolecular Hbond substituents is 1. The van der Waals surface area contributed by atoms with Crippen molar-refractivity contribution in [3.05, 3.63) is 141 Å². The first-order chi connectivity index (χ1) is 27.8. The summed E-state index contributed by atoms with van der Waals surface area (Å²) < 4.78 is 2.05. The molecule has 2 aliphatic carbocycles. The van der Waals surface area contributed by atoms with Gasteiger partial charge in [-0.15, -0.1) is 0 Å². The minimum absolute atomic E-state index is 0.00921. The lowest BCUT2D eigenvalue weighted by Gasteiger charge is -2.47. The molecule has 10 rings (SSSR count). The number of likely N-dealkylation sites (tertiary alicyclic amines) is 1. The summed E-state index contributed by atoms with van der Waals surface area (Å²) in [6.07, 6.45) is 8.78. The Labute approximate surface area is 336 Å². The highest BCUT2D eigenvalue weighted by molar-refractivity contribution is 5.88. The van der Waals surface area contributed by atoms with Gasteiger partial charge in [0.25, 0.3) is 0 Å². The van der Waals surface area contributed by atoms with Gasteiger partial charge in [-0.3, -0.25) is 14.6 Å². The molecule has 3 aliphatic heterocycles. The fourth-order valence-corrected chi connectivity index (χ4v) is 11.2. The van der Waals surface area contributed by atoms with Crippen molar-refractivity contribution in [2.24, 2.45) is 5.92 Å². The van der Waals surface area contributed by atoms with E-state index in [1.807, 2.05) is 12.1 Å². The van der Waals surface area contributed by atoms with Gasteiger partial charge in [0.05, 0.1) is 6.04 Å². The fraction of sp³-hybridized carbons (Fsp3) is 0.380. The van der Waals surface area contributed by atoms with Crippen molar-refractivity contribution < 1.29 is 9.90 Å². The number of amides is 1. The molecular weight excluding hydrogens is 703 g/mol. The molecule has 1 unspecified atom stereocenters. The second-order valence-corrected chi connectivity index (χ2v) is 17.8. The van der Waals surface area contributed by atoms with Crippen LogP contribution in [-0.4, -0.2) is 57.1 Å². The average Bonchev–Trinajstić information content (AvgIpc) is 3.71. The zero-order valence-electron chi connectivity index (χ0n) is 33.1. The number of nitrogens with one attached hydrogen (secondary N) is 2. The normalized spacial score (nSPS) is 25.5. The number of carbonyl (C=O) groups is 1. The van der Waals surface area contributed by atoms with E-state index in [1.54, 1.807) is 0 Å². The molecule has 1 saturated carbocycles. The maximum atomic E-state index is 12.8. The minimum atomic E-state index is -0.279. The molecule has 0 bridgehead atoms. The van der Waals surface area contributed by atoms with Crippen LogP contribution in [0.25, 0.3) is 23.9 Å². The van der Waals surface area contributed by atoms with Crippen molar-refractivity contribution in [3.63, 3.8) is 0 Å². The largest absolute Gasteiger partial charge is 0.508 e. The summed E-state index contributed by atoms with van der Waals surface area (Å²) >= 11 is 0. The molecule has 292 valence electrons. The van der Waals surface area contributed by atoms with Crippen LogP contribution in [0.15, 0.2) is 97.2 Å². The number of carbonyl (C=O) groups excluding carboxylic acids is 1. The molecule has 5 aliphatic rings. The highest BCUT2D eigenvalue weighted by Gasteiger charge is 2.36. The van der Waals surface area contributed by atoms with Gasteiger partial charge in [-0.05, 0) is 133 Å². The van der Waals surface area contributed by atoms with Crippen LogP contribution < -0.4 is 21.3 Å². The molecule has 1 aromatic heterocycles. The van der Waals surface area contributed by atoms with E-state index in [-0.39, 0.29) is 17.9 Å². The van der Waals surface area contributed by atoms with Crippen LogP contribution in [-0.2, 0) is 24.3 Å². The van der Waals surface area contributed by atoms with Crippen LogP contribution in [0, 0.1) is 5.92 Å². The summed E-state index contributed by atoms with van der Waals surface area (Å²) in [5.41, 5.74) is 10.1. The standard InChI is InChI=1S/C50H55N5O2/c1-31-9-22-48(50(57)51-31)55-32(2)46-24-38-27-53(28-39(38)25-47(46)33(55)3)26-34-10-17-42(18-11-34)54-29-41(30-54)52-40-15-12-36(13-16-40)49-44(35-7-5-4-6-8-35)20-14-37-23-43(56)19-21-45(37)49/h4-8,12-13,15-16,19,21,23-25,34,41-42,44,48-49,52,56H,1-3,9-11,14,17-18,20,22,26-30H2,(H,51,57)/t34?,42?,44-,48?,49+/m1/s1. The molecule has 0 radical (unpaired) electrons. The van der Waals surface area contributed by atoms with Gasteiger partial charge in [-0.2, -0.15) is 0 Å². The van der Waals surface area contributed by atoms with Gasteiger partial charge >= 0.3 is 0 Å². The first-order valence-corrected chi connectivity index (χ1v) is 21.3. The summed E-state index contributed by atoms with van der Waals surface area (Å²) in [7, 11) is 0. The molecule has 7 heteroatoms. The van der Waals surface area contributed by atoms with Crippen LogP contribution in [0.2, 0.25) is 0 Å². The van der Waals surface area contributed by atoms with Gasteiger partial charge in [0.15, 0.2) is 0 Å². The summed E-state index contributed by atoms with van der Waals surface area (Å²) in [6.45, 7) is 18.2. The topological polar surface area (TPSA) is 72.8 Å². The molecule has 2 saturated heterocycles. The van der Waals surface area contributed by atoms with Crippen LogP contribution >= 0.6 is 0 Å². The lowest BCUT2D eigenvalue weighted by Crippen LogP contribution is -2.59. The van der Waals surface area contributed by atoms with Crippen molar-refractivity contribution >= 4 is 35.5 Å². The highest BCUT2D eigenvalue weighted by atomic mass is 16.3. The third-order valence-electron chi connectivity index (χ3n) is 14.2. The molecule has 4 aromatic carbocycles. The second kappa shape index (κ2) is 14.7. The number of aromatic nitrogens is 1. The minimum Gasteiger partial charge on any atom is -0.508 e. The van der Waals surface area contributed by atoms with Crippen molar-refractivity contribution in [2.45, 2.75) is 94.4 Å². The summed E-state index contributed by atoms with van der Waals surface area (Å²) in [5.74, 6) is 1.79. The number of hydrogen-bond donors (Lipinski definition) is 3. The zero-order valence-corrected chi connectivity index (χ0v) is 33.1. The van der Waals surface area contributed by atoms with Gasteiger partial charge in [-0.1, -0.05) is 68.3 Å². The third-order valence-corrected chi connectivity index (χ3v) is 14.2. The molecule has 4 heterocycles. The monoisotopic (exact) mass is 757 g/mol. The van der Waals surface area contributed by atoms with Crippen LogP contribution in [0.3, 0.4) is 0 Å². The number of nitrogens with zero attached hydrogens (tertiary/aromatic N) is 3. The first kappa shape index (κ1) is 36.2. The van der Waals surface area contributed by atoms with E-state index in [0.717, 1.165) is 91.5 Å². The Hall–Kier alpha value is -5.11. The van der Waals surface area contributed by atoms with Crippen molar-refractivity contribution in [3.8, 4) is 5.75 Å². The molecule has 3 fully saturated rings. The Balaban J connectivity index is 0.716. The number of hydrogen-bond acceptors (Lipinski definition) is 5. The number of aromatic hydroxyl groups is 1. The number of piperidine rings is 1. The Morgan fingerprint density at radius 2 is 1.44 bits per heavy atom. The van der Waals surface area contributed by atoms with E-state index in [4.69, 9.17) is 0 Å². The molecule has 7 nitrogen and oxygen atoms in total. The van der Waals surface area contributed by atoms with Gasteiger partial charge in [-0.25, -0.2) is 0 Å². The van der Waals surface area contributed by atoms with Gasteiger partial charge in [0.1, 0.15) is 11.8 Å². The highest BCUT2D eigenvalue weighted by Crippen LogP contribution is 2.47. The molecule has 3 atom stereocenters. The number of benzene rings is 4. The smallest absolute Gasteiger partial charge is 0.247 e. The van der Waals surface area contributed by atoms with E-state index in [2.05, 4.69) is 118 Å². The first-order valence-electron chi connectivity index (χ1n) is 21.3. The Bertz CT molecular complexity index is 2380. The predicted molar refractivity (Wildman–Crippen MR) is 231 cm³/mol. The molecular formula is C50H55N5O2. The number of anilines is 1. The number of allylic oxidation sites excluding steroid dienone is 1. The van der Waals surface area contributed by atoms with E-state index in [9.17, 15) is 9.90 Å². The Kier molecular flexibility index (Phi) is 9.33. The third kappa shape index (κ3) is 6.79. The maximum absolute atomic E-state index is 12.8. The summed E-state index contributed by atoms with van der Waals surface area (Å²) in [6, 6.07) is 31.7. The Morgan fingerprint density at radius 3 is 2.12 bits per heavy atom. The lowest BCUT2D eigenvalue weighted by molar-refractivity contribution is -0.124. The molecule has 1 amide bonds. The van der Waals surface area contributed by atoms with E-state index in [1.165, 1.54) is 64.8 Å². The van der Waals surface area contributed by atoms with Gasteiger partial charge in [0, 0.05) is 77.5 Å². The predicted octanol–water partition coefficient (Wildman–Crippen LogP) is 7.66. The van der Waals surface area contributed by atoms with Gasteiger partial charge < -0.3 is 20.3 Å². The van der Waals surface area contributed by atoms with E-state index >= 15 is 0 Å².